The van der Waals surface area contributed by atoms with Crippen LogP contribution in [-0.4, -0.2) is 18.5 Å². The number of esters is 1. The van der Waals surface area contributed by atoms with Crippen LogP contribution in [0.4, 0.5) is 27.0 Å². The highest BCUT2D eigenvalue weighted by Crippen LogP contribution is 2.39. The van der Waals surface area contributed by atoms with Gasteiger partial charge in [0.05, 0.1) is 12.2 Å². The van der Waals surface area contributed by atoms with E-state index in [1.807, 2.05) is 0 Å². The van der Waals surface area contributed by atoms with E-state index in [0.29, 0.717) is 24.8 Å². The molecule has 0 spiro atoms. The normalized spacial score (nSPS) is 13.2. The number of nitrogens with one attached hydrogen (secondary N) is 1. The number of thiophene rings is 1. The van der Waals surface area contributed by atoms with E-state index in [2.05, 4.69) is 5.32 Å². The molecule has 1 N–H and O–H groups in total. The molecule has 156 valence electrons. The van der Waals surface area contributed by atoms with Crippen molar-refractivity contribution in [3.8, 4) is 0 Å². The number of anilines is 1. The van der Waals surface area contributed by atoms with Gasteiger partial charge in [0.2, 0.25) is 5.82 Å². The smallest absolute Gasteiger partial charge is 0.341 e. The van der Waals surface area contributed by atoms with Gasteiger partial charge in [-0.1, -0.05) is 6.92 Å². The molecule has 0 bridgehead atoms. The Morgan fingerprint density at radius 1 is 0.931 bits per heavy atom. The summed E-state index contributed by atoms with van der Waals surface area (Å²) in [5, 5.41) is 2.10. The molecule has 0 saturated carbocycles. The number of halogens is 5. The SMILES string of the molecule is CCCOC(=O)c1c(NC(=O)c2c(F)c(F)c(F)c(F)c2F)sc2c1CCCC2. The Morgan fingerprint density at radius 2 is 1.52 bits per heavy atom. The summed E-state index contributed by atoms with van der Waals surface area (Å²) in [6.07, 6.45) is 3.43. The number of rotatable bonds is 5. The van der Waals surface area contributed by atoms with Crippen molar-refractivity contribution < 1.29 is 36.3 Å². The molecule has 4 nitrogen and oxygen atoms in total. The van der Waals surface area contributed by atoms with Crippen molar-refractivity contribution >= 4 is 28.2 Å². The van der Waals surface area contributed by atoms with E-state index in [9.17, 15) is 31.5 Å². The minimum absolute atomic E-state index is 0.0352. The summed E-state index contributed by atoms with van der Waals surface area (Å²) in [4.78, 5) is 25.7. The maximum absolute atomic E-state index is 13.9. The topological polar surface area (TPSA) is 55.4 Å². The molecule has 0 radical (unpaired) electrons. The summed E-state index contributed by atoms with van der Waals surface area (Å²) in [6.45, 7) is 1.93. The Hall–Kier alpha value is -2.49. The second-order valence-electron chi connectivity index (χ2n) is 6.45. The number of hydrogen-bond donors (Lipinski definition) is 1. The average molecular weight is 433 g/mol. The van der Waals surface area contributed by atoms with Gasteiger partial charge < -0.3 is 10.1 Å². The predicted molar refractivity (Wildman–Crippen MR) is 95.7 cm³/mol. The van der Waals surface area contributed by atoms with Gasteiger partial charge in [-0.2, -0.15) is 0 Å². The molecule has 3 rings (SSSR count). The summed E-state index contributed by atoms with van der Waals surface area (Å²) in [6, 6.07) is 0. The van der Waals surface area contributed by atoms with Crippen LogP contribution in [-0.2, 0) is 17.6 Å². The molecule has 0 fully saturated rings. The quantitative estimate of drug-likeness (QED) is 0.307. The number of benzene rings is 1. The van der Waals surface area contributed by atoms with Crippen molar-refractivity contribution in [3.05, 3.63) is 50.7 Å². The van der Waals surface area contributed by atoms with Gasteiger partial charge in [-0.25, -0.2) is 26.7 Å². The fourth-order valence-corrected chi connectivity index (χ4v) is 4.38. The van der Waals surface area contributed by atoms with Crippen LogP contribution < -0.4 is 5.32 Å². The van der Waals surface area contributed by atoms with Crippen LogP contribution in [0.3, 0.4) is 0 Å². The first kappa shape index (κ1) is 21.2. The maximum Gasteiger partial charge on any atom is 0.341 e. The third-order valence-electron chi connectivity index (χ3n) is 4.48. The van der Waals surface area contributed by atoms with Crippen LogP contribution in [0.25, 0.3) is 0 Å². The van der Waals surface area contributed by atoms with E-state index in [1.165, 1.54) is 0 Å². The lowest BCUT2D eigenvalue weighted by molar-refractivity contribution is 0.0505. The second kappa shape index (κ2) is 8.48. The first-order valence-electron chi connectivity index (χ1n) is 8.92. The molecular formula is C19H16F5NO3S. The fourth-order valence-electron chi connectivity index (χ4n) is 3.11. The third-order valence-corrected chi connectivity index (χ3v) is 5.68. The van der Waals surface area contributed by atoms with Gasteiger partial charge in [0.25, 0.3) is 5.91 Å². The molecule has 1 aromatic carbocycles. The van der Waals surface area contributed by atoms with Crippen molar-refractivity contribution in [2.45, 2.75) is 39.0 Å². The molecular weight excluding hydrogens is 417 g/mol. The van der Waals surface area contributed by atoms with E-state index in [4.69, 9.17) is 4.74 Å². The monoisotopic (exact) mass is 433 g/mol. The second-order valence-corrected chi connectivity index (χ2v) is 7.56. The number of aryl methyl sites for hydroxylation is 1. The fraction of sp³-hybridized carbons (Fsp3) is 0.368. The molecule has 1 amide bonds. The van der Waals surface area contributed by atoms with Crippen molar-refractivity contribution in [2.24, 2.45) is 0 Å². The molecule has 10 heteroatoms. The zero-order chi connectivity index (χ0) is 21.3. The van der Waals surface area contributed by atoms with Gasteiger partial charge >= 0.3 is 5.97 Å². The number of carbonyl (C=O) groups is 2. The summed E-state index contributed by atoms with van der Waals surface area (Å²) >= 11 is 1.03. The van der Waals surface area contributed by atoms with Gasteiger partial charge in [-0.05, 0) is 37.7 Å². The standard InChI is InChI=1S/C19H16F5NO3S/c1-2-7-28-19(27)10-8-5-3-4-6-9(8)29-18(10)25-17(26)11-12(20)14(22)16(24)15(23)13(11)21/h2-7H2,1H3,(H,25,26). The van der Waals surface area contributed by atoms with Crippen LogP contribution in [0.2, 0.25) is 0 Å². The maximum atomic E-state index is 13.9. The highest BCUT2D eigenvalue weighted by Gasteiger charge is 2.32. The lowest BCUT2D eigenvalue weighted by Gasteiger charge is -2.13. The Bertz CT molecular complexity index is 960. The zero-order valence-corrected chi connectivity index (χ0v) is 16.1. The largest absolute Gasteiger partial charge is 0.462 e. The van der Waals surface area contributed by atoms with Crippen molar-refractivity contribution in [1.82, 2.24) is 0 Å². The van der Waals surface area contributed by atoms with Gasteiger partial charge in [0.1, 0.15) is 10.6 Å². The van der Waals surface area contributed by atoms with Gasteiger partial charge in [0, 0.05) is 4.88 Å². The minimum atomic E-state index is -2.35. The van der Waals surface area contributed by atoms with Crippen LogP contribution in [0.1, 0.15) is 57.3 Å². The number of hydrogen-bond acceptors (Lipinski definition) is 4. The molecule has 1 heterocycles. The molecule has 29 heavy (non-hydrogen) atoms. The summed E-state index contributed by atoms with van der Waals surface area (Å²) in [5.74, 6) is -13.5. The van der Waals surface area contributed by atoms with Gasteiger partial charge in [-0.3, -0.25) is 4.79 Å². The molecule has 1 aliphatic rings. The first-order chi connectivity index (χ1) is 13.8. The highest BCUT2D eigenvalue weighted by molar-refractivity contribution is 7.17. The number of ether oxygens (including phenoxy) is 1. The number of amides is 1. The molecule has 0 aliphatic heterocycles. The Labute approximate surface area is 166 Å². The molecule has 0 atom stereocenters. The molecule has 2 aromatic rings. The van der Waals surface area contributed by atoms with E-state index >= 15 is 0 Å². The van der Waals surface area contributed by atoms with Gasteiger partial charge in [0.15, 0.2) is 23.3 Å². The highest BCUT2D eigenvalue weighted by atomic mass is 32.1. The van der Waals surface area contributed by atoms with Crippen LogP contribution in [0.5, 0.6) is 0 Å². The molecule has 1 aliphatic carbocycles. The number of carbonyl (C=O) groups excluding carboxylic acids is 2. The zero-order valence-electron chi connectivity index (χ0n) is 15.3. The van der Waals surface area contributed by atoms with Gasteiger partial charge in [-0.15, -0.1) is 11.3 Å². The van der Waals surface area contributed by atoms with E-state index < -0.39 is 46.5 Å². The van der Waals surface area contributed by atoms with Crippen molar-refractivity contribution in [3.63, 3.8) is 0 Å². The molecule has 0 saturated heterocycles. The summed E-state index contributed by atoms with van der Waals surface area (Å²) in [7, 11) is 0. The predicted octanol–water partition coefficient (Wildman–Crippen LogP) is 5.14. The van der Waals surface area contributed by atoms with Crippen LogP contribution in [0.15, 0.2) is 0 Å². The third kappa shape index (κ3) is 3.85. The van der Waals surface area contributed by atoms with E-state index in [-0.39, 0.29) is 17.2 Å². The molecule has 0 unspecified atom stereocenters. The van der Waals surface area contributed by atoms with Crippen molar-refractivity contribution in [1.29, 1.82) is 0 Å². The minimum Gasteiger partial charge on any atom is -0.462 e. The number of fused-ring (bicyclic) bond motifs is 1. The Balaban J connectivity index is 2.02. The Kier molecular flexibility index (Phi) is 6.21. The van der Waals surface area contributed by atoms with Crippen LogP contribution in [0, 0.1) is 29.1 Å². The summed E-state index contributed by atoms with van der Waals surface area (Å²) in [5.41, 5.74) is -0.869. The summed E-state index contributed by atoms with van der Waals surface area (Å²) < 4.78 is 73.1. The molecule has 1 aromatic heterocycles. The lowest BCUT2D eigenvalue weighted by Crippen LogP contribution is -2.20. The van der Waals surface area contributed by atoms with E-state index in [0.717, 1.165) is 29.1 Å². The van der Waals surface area contributed by atoms with Crippen molar-refractivity contribution in [2.75, 3.05) is 11.9 Å². The van der Waals surface area contributed by atoms with E-state index in [1.54, 1.807) is 6.92 Å². The van der Waals surface area contributed by atoms with Crippen LogP contribution >= 0.6 is 11.3 Å². The Morgan fingerprint density at radius 3 is 2.14 bits per heavy atom. The average Bonchev–Trinajstić information content (AvgIpc) is 3.06. The lowest BCUT2D eigenvalue weighted by atomic mass is 9.95. The first-order valence-corrected chi connectivity index (χ1v) is 9.73.